The van der Waals surface area contributed by atoms with Crippen molar-refractivity contribution in [3.8, 4) is 5.69 Å². The lowest BCUT2D eigenvalue weighted by Crippen LogP contribution is -2.29. The lowest BCUT2D eigenvalue weighted by atomic mass is 10.2. The van der Waals surface area contributed by atoms with Crippen molar-refractivity contribution < 1.29 is 9.84 Å². The van der Waals surface area contributed by atoms with Crippen molar-refractivity contribution in [2.45, 2.75) is 6.54 Å². The van der Waals surface area contributed by atoms with Crippen LogP contribution in [-0.2, 0) is 11.3 Å². The van der Waals surface area contributed by atoms with E-state index in [1.807, 2.05) is 16.9 Å². The predicted molar refractivity (Wildman–Crippen MR) is 77.8 cm³/mol. The Balaban J connectivity index is 1.98. The summed E-state index contributed by atoms with van der Waals surface area (Å²) in [5.74, 6) is 0. The van der Waals surface area contributed by atoms with Gasteiger partial charge in [-0.1, -0.05) is 12.1 Å². The first-order valence-electron chi connectivity index (χ1n) is 6.74. The summed E-state index contributed by atoms with van der Waals surface area (Å²) in [5, 5.41) is 13.3. The number of methoxy groups -OCH3 is 1. The first-order chi connectivity index (χ1) is 9.83. The van der Waals surface area contributed by atoms with Crippen molar-refractivity contribution in [2.24, 2.45) is 0 Å². The summed E-state index contributed by atoms with van der Waals surface area (Å²) in [5.41, 5.74) is 2.26. The fourth-order valence-electron chi connectivity index (χ4n) is 2.07. The van der Waals surface area contributed by atoms with Crippen LogP contribution in [0.3, 0.4) is 0 Å². The molecule has 0 bridgehead atoms. The zero-order valence-corrected chi connectivity index (χ0v) is 11.8. The van der Waals surface area contributed by atoms with Crippen molar-refractivity contribution >= 4 is 0 Å². The highest BCUT2D eigenvalue weighted by atomic mass is 16.5. The summed E-state index contributed by atoms with van der Waals surface area (Å²) in [6.07, 6.45) is 3.69. The molecule has 0 saturated carbocycles. The maximum absolute atomic E-state index is 9.09. The number of ether oxygens (including phenoxy) is 1. The van der Waals surface area contributed by atoms with Gasteiger partial charge in [0.2, 0.25) is 0 Å². The molecule has 0 fully saturated rings. The average molecular weight is 275 g/mol. The van der Waals surface area contributed by atoms with Crippen LogP contribution in [0, 0.1) is 0 Å². The van der Waals surface area contributed by atoms with Crippen molar-refractivity contribution in [3.63, 3.8) is 0 Å². The molecule has 20 heavy (non-hydrogen) atoms. The summed E-state index contributed by atoms with van der Waals surface area (Å²) in [4.78, 5) is 2.17. The van der Waals surface area contributed by atoms with Crippen LogP contribution in [-0.4, -0.2) is 53.2 Å². The molecule has 0 spiro atoms. The van der Waals surface area contributed by atoms with Gasteiger partial charge in [-0.05, 0) is 23.8 Å². The number of hydrogen-bond donors (Lipinski definition) is 1. The van der Waals surface area contributed by atoms with Crippen LogP contribution in [0.25, 0.3) is 5.69 Å². The van der Waals surface area contributed by atoms with Crippen molar-refractivity contribution in [3.05, 3.63) is 48.3 Å². The Morgan fingerprint density at radius 1 is 1.25 bits per heavy atom. The Morgan fingerprint density at radius 3 is 2.65 bits per heavy atom. The second kappa shape index (κ2) is 7.79. The Morgan fingerprint density at radius 2 is 2.05 bits per heavy atom. The molecule has 0 saturated heterocycles. The zero-order chi connectivity index (χ0) is 14.2. The molecule has 0 unspecified atom stereocenters. The van der Waals surface area contributed by atoms with Crippen LogP contribution in [0.1, 0.15) is 5.56 Å². The number of aliphatic hydroxyl groups is 1. The van der Waals surface area contributed by atoms with Gasteiger partial charge in [-0.15, -0.1) is 0 Å². The Bertz CT molecular complexity index is 482. The molecule has 1 aromatic carbocycles. The number of rotatable bonds is 8. The van der Waals surface area contributed by atoms with Crippen LogP contribution >= 0.6 is 0 Å². The van der Waals surface area contributed by atoms with Crippen LogP contribution in [0.4, 0.5) is 0 Å². The normalized spacial score (nSPS) is 11.2. The van der Waals surface area contributed by atoms with E-state index in [0.717, 1.165) is 18.8 Å². The minimum absolute atomic E-state index is 0.162. The van der Waals surface area contributed by atoms with Gasteiger partial charge >= 0.3 is 0 Å². The quantitative estimate of drug-likeness (QED) is 0.789. The molecular weight excluding hydrogens is 254 g/mol. The topological polar surface area (TPSA) is 50.5 Å². The Labute approximate surface area is 119 Å². The van der Waals surface area contributed by atoms with Crippen molar-refractivity contribution in [1.82, 2.24) is 14.7 Å². The first kappa shape index (κ1) is 14.7. The van der Waals surface area contributed by atoms with E-state index in [2.05, 4.69) is 34.3 Å². The van der Waals surface area contributed by atoms with E-state index in [1.165, 1.54) is 5.56 Å². The highest BCUT2D eigenvalue weighted by Gasteiger charge is 2.05. The molecule has 0 radical (unpaired) electrons. The first-order valence-corrected chi connectivity index (χ1v) is 6.74. The molecule has 0 amide bonds. The highest BCUT2D eigenvalue weighted by molar-refractivity contribution is 5.33. The fourth-order valence-corrected chi connectivity index (χ4v) is 2.07. The molecule has 0 aliphatic carbocycles. The summed E-state index contributed by atoms with van der Waals surface area (Å²) in [6.45, 7) is 3.12. The van der Waals surface area contributed by atoms with Gasteiger partial charge in [0.15, 0.2) is 0 Å². The van der Waals surface area contributed by atoms with Gasteiger partial charge in [-0.3, -0.25) is 4.90 Å². The van der Waals surface area contributed by atoms with Gasteiger partial charge in [0.1, 0.15) is 0 Å². The standard InChI is InChI=1S/C15H21N3O2/c1-20-12-10-17(9-11-19)13-14-3-5-15(6-4-14)18-8-2-7-16-18/h2-8,19H,9-13H2,1H3. The molecule has 108 valence electrons. The van der Waals surface area contributed by atoms with Crippen LogP contribution in [0.2, 0.25) is 0 Å². The third-order valence-corrected chi connectivity index (χ3v) is 3.14. The number of hydrogen-bond acceptors (Lipinski definition) is 4. The van der Waals surface area contributed by atoms with Gasteiger partial charge in [0.25, 0.3) is 0 Å². The smallest absolute Gasteiger partial charge is 0.0645 e. The molecule has 2 rings (SSSR count). The minimum atomic E-state index is 0.162. The maximum atomic E-state index is 9.09. The Hall–Kier alpha value is -1.69. The minimum Gasteiger partial charge on any atom is -0.395 e. The fraction of sp³-hybridized carbons (Fsp3) is 0.400. The van der Waals surface area contributed by atoms with E-state index in [4.69, 9.17) is 9.84 Å². The number of aromatic nitrogens is 2. The molecule has 0 atom stereocenters. The van der Waals surface area contributed by atoms with Gasteiger partial charge in [0, 0.05) is 39.1 Å². The second-order valence-corrected chi connectivity index (χ2v) is 4.61. The average Bonchev–Trinajstić information content (AvgIpc) is 3.00. The van der Waals surface area contributed by atoms with Crippen molar-refractivity contribution in [1.29, 1.82) is 0 Å². The molecule has 1 aromatic heterocycles. The lowest BCUT2D eigenvalue weighted by Gasteiger charge is -2.21. The molecule has 0 aliphatic rings. The van der Waals surface area contributed by atoms with Crippen LogP contribution in [0.15, 0.2) is 42.7 Å². The van der Waals surface area contributed by atoms with Gasteiger partial charge < -0.3 is 9.84 Å². The third kappa shape index (κ3) is 4.16. The maximum Gasteiger partial charge on any atom is 0.0645 e. The monoisotopic (exact) mass is 275 g/mol. The van der Waals surface area contributed by atoms with E-state index in [1.54, 1.807) is 13.3 Å². The molecule has 5 nitrogen and oxygen atoms in total. The molecule has 2 aromatic rings. The molecular formula is C15H21N3O2. The highest BCUT2D eigenvalue weighted by Crippen LogP contribution is 2.10. The zero-order valence-electron chi connectivity index (χ0n) is 11.8. The van der Waals surface area contributed by atoms with Gasteiger partial charge in [-0.2, -0.15) is 5.10 Å². The number of aliphatic hydroxyl groups excluding tert-OH is 1. The second-order valence-electron chi connectivity index (χ2n) is 4.61. The summed E-state index contributed by atoms with van der Waals surface area (Å²) in [7, 11) is 1.69. The van der Waals surface area contributed by atoms with Gasteiger partial charge in [0.05, 0.1) is 18.9 Å². The summed E-state index contributed by atoms with van der Waals surface area (Å²) >= 11 is 0. The largest absolute Gasteiger partial charge is 0.395 e. The number of benzene rings is 1. The van der Waals surface area contributed by atoms with E-state index in [0.29, 0.717) is 13.2 Å². The van der Waals surface area contributed by atoms with Crippen LogP contribution < -0.4 is 0 Å². The lowest BCUT2D eigenvalue weighted by molar-refractivity contribution is 0.127. The molecule has 1 N–H and O–H groups in total. The van der Waals surface area contributed by atoms with E-state index >= 15 is 0 Å². The van der Waals surface area contributed by atoms with E-state index in [9.17, 15) is 0 Å². The number of nitrogens with zero attached hydrogens (tertiary/aromatic N) is 3. The predicted octanol–water partition coefficient (Wildman–Crippen LogP) is 1.31. The van der Waals surface area contributed by atoms with Crippen molar-refractivity contribution in [2.75, 3.05) is 33.4 Å². The molecule has 5 heteroatoms. The SMILES string of the molecule is COCCN(CCO)Cc1ccc(-n2cccn2)cc1. The summed E-state index contributed by atoms with van der Waals surface area (Å²) in [6, 6.07) is 10.2. The van der Waals surface area contributed by atoms with E-state index < -0.39 is 0 Å². The Kier molecular flexibility index (Phi) is 5.73. The third-order valence-electron chi connectivity index (χ3n) is 3.14. The van der Waals surface area contributed by atoms with Crippen LogP contribution in [0.5, 0.6) is 0 Å². The molecule has 0 aliphatic heterocycles. The molecule has 1 heterocycles. The summed E-state index contributed by atoms with van der Waals surface area (Å²) < 4.78 is 6.92. The van der Waals surface area contributed by atoms with E-state index in [-0.39, 0.29) is 6.61 Å². The van der Waals surface area contributed by atoms with Gasteiger partial charge in [-0.25, -0.2) is 4.68 Å².